The third-order valence-corrected chi connectivity index (χ3v) is 3.90. The van der Waals surface area contributed by atoms with Crippen LogP contribution in [-0.2, 0) is 0 Å². The number of hydrogen-bond acceptors (Lipinski definition) is 1. The Morgan fingerprint density at radius 2 is 1.70 bits per heavy atom. The van der Waals surface area contributed by atoms with Gasteiger partial charge in [0.1, 0.15) is 5.69 Å². The molecule has 3 aromatic rings. The first kappa shape index (κ1) is 13.4. The summed E-state index contributed by atoms with van der Waals surface area (Å²) in [6.45, 7) is 0. The lowest BCUT2D eigenvalue weighted by Gasteiger charge is -2.06. The molecule has 0 aliphatic rings. The second kappa shape index (κ2) is 5.42. The van der Waals surface area contributed by atoms with Crippen molar-refractivity contribution in [3.63, 3.8) is 0 Å². The average molecular weight is 394 g/mol. The minimum atomic E-state index is -0.160. The van der Waals surface area contributed by atoms with E-state index in [-0.39, 0.29) is 5.91 Å². The Labute approximate surface area is 132 Å². The van der Waals surface area contributed by atoms with Crippen LogP contribution in [0.3, 0.4) is 0 Å². The first-order valence-electron chi connectivity index (χ1n) is 5.96. The maximum atomic E-state index is 12.0. The molecule has 0 spiro atoms. The summed E-state index contributed by atoms with van der Waals surface area (Å²) in [5.74, 6) is -0.160. The fourth-order valence-electron chi connectivity index (χ4n) is 1.99. The summed E-state index contributed by atoms with van der Waals surface area (Å²) >= 11 is 6.76. The second-order valence-electron chi connectivity index (χ2n) is 4.39. The number of anilines is 1. The molecule has 0 bridgehead atoms. The van der Waals surface area contributed by atoms with E-state index in [1.807, 2.05) is 36.4 Å². The van der Waals surface area contributed by atoms with Gasteiger partial charge >= 0.3 is 0 Å². The maximum Gasteiger partial charge on any atom is 0.272 e. The molecule has 1 heterocycles. The monoisotopic (exact) mass is 392 g/mol. The van der Waals surface area contributed by atoms with Crippen molar-refractivity contribution in [1.29, 1.82) is 0 Å². The van der Waals surface area contributed by atoms with Crippen LogP contribution in [0.5, 0.6) is 0 Å². The fourth-order valence-corrected chi connectivity index (χ4v) is 2.71. The van der Waals surface area contributed by atoms with Crippen molar-refractivity contribution in [2.24, 2.45) is 0 Å². The maximum absolute atomic E-state index is 12.0. The molecular weight excluding hydrogens is 384 g/mol. The minimum absolute atomic E-state index is 0.160. The molecule has 20 heavy (non-hydrogen) atoms. The van der Waals surface area contributed by atoms with E-state index >= 15 is 0 Å². The van der Waals surface area contributed by atoms with E-state index in [0.29, 0.717) is 5.69 Å². The van der Waals surface area contributed by atoms with Crippen molar-refractivity contribution in [1.82, 2.24) is 4.98 Å². The number of benzene rings is 2. The van der Waals surface area contributed by atoms with Gasteiger partial charge < -0.3 is 10.3 Å². The highest BCUT2D eigenvalue weighted by Crippen LogP contribution is 2.23. The van der Waals surface area contributed by atoms with Crippen LogP contribution in [0.25, 0.3) is 10.8 Å². The van der Waals surface area contributed by atoms with Gasteiger partial charge in [-0.3, -0.25) is 4.79 Å². The van der Waals surface area contributed by atoms with Gasteiger partial charge in [0.25, 0.3) is 5.91 Å². The molecule has 0 unspecified atom stereocenters. The highest BCUT2D eigenvalue weighted by molar-refractivity contribution is 9.10. The van der Waals surface area contributed by atoms with Crippen molar-refractivity contribution in [2.75, 3.05) is 5.32 Å². The van der Waals surface area contributed by atoms with Gasteiger partial charge in [0.2, 0.25) is 0 Å². The molecule has 0 aliphatic carbocycles. The predicted molar refractivity (Wildman–Crippen MR) is 88.1 cm³/mol. The van der Waals surface area contributed by atoms with Crippen molar-refractivity contribution < 1.29 is 4.79 Å². The molecular formula is C15H10Br2N2O. The third kappa shape index (κ3) is 2.78. The molecule has 5 heteroatoms. The van der Waals surface area contributed by atoms with Crippen LogP contribution in [0, 0.1) is 0 Å². The quantitative estimate of drug-likeness (QED) is 0.635. The highest BCUT2D eigenvalue weighted by Gasteiger charge is 2.08. The lowest BCUT2D eigenvalue weighted by molar-refractivity contribution is 0.102. The van der Waals surface area contributed by atoms with E-state index in [9.17, 15) is 4.79 Å². The largest absolute Gasteiger partial charge is 0.356 e. The molecule has 2 N–H and O–H groups in total. The summed E-state index contributed by atoms with van der Waals surface area (Å²) in [7, 11) is 0. The molecule has 0 saturated heterocycles. The van der Waals surface area contributed by atoms with Gasteiger partial charge in [-0.1, -0.05) is 28.1 Å². The Bertz CT molecular complexity index is 795. The van der Waals surface area contributed by atoms with E-state index < -0.39 is 0 Å². The van der Waals surface area contributed by atoms with Crippen LogP contribution >= 0.6 is 31.9 Å². The first-order chi connectivity index (χ1) is 9.61. The topological polar surface area (TPSA) is 44.9 Å². The number of amides is 1. The van der Waals surface area contributed by atoms with Gasteiger partial charge in [-0.2, -0.15) is 0 Å². The summed E-state index contributed by atoms with van der Waals surface area (Å²) in [6, 6.07) is 13.6. The molecule has 0 aliphatic heterocycles. The van der Waals surface area contributed by atoms with Crippen LogP contribution in [0.1, 0.15) is 10.5 Å². The number of nitrogens with one attached hydrogen (secondary N) is 2. The van der Waals surface area contributed by atoms with Crippen LogP contribution in [0.2, 0.25) is 0 Å². The summed E-state index contributed by atoms with van der Waals surface area (Å²) in [5, 5.41) is 5.08. The van der Waals surface area contributed by atoms with Gasteiger partial charge in [-0.25, -0.2) is 0 Å². The van der Waals surface area contributed by atoms with Crippen molar-refractivity contribution >= 4 is 54.2 Å². The molecule has 3 rings (SSSR count). The molecule has 0 fully saturated rings. The van der Waals surface area contributed by atoms with Crippen molar-refractivity contribution in [3.05, 3.63) is 63.3 Å². The van der Waals surface area contributed by atoms with Crippen LogP contribution < -0.4 is 5.32 Å². The Kier molecular flexibility index (Phi) is 3.63. The van der Waals surface area contributed by atoms with E-state index in [0.717, 1.165) is 25.4 Å². The Morgan fingerprint density at radius 3 is 2.45 bits per heavy atom. The zero-order valence-corrected chi connectivity index (χ0v) is 13.5. The number of halogens is 2. The molecule has 0 radical (unpaired) electrons. The number of aromatic nitrogens is 1. The molecule has 100 valence electrons. The summed E-state index contributed by atoms with van der Waals surface area (Å²) in [4.78, 5) is 15.0. The van der Waals surface area contributed by atoms with E-state index in [2.05, 4.69) is 42.2 Å². The smallest absolute Gasteiger partial charge is 0.272 e. The van der Waals surface area contributed by atoms with Gasteiger partial charge in [0.05, 0.1) is 0 Å². The van der Waals surface area contributed by atoms with Crippen LogP contribution in [0.4, 0.5) is 5.69 Å². The molecule has 1 aromatic heterocycles. The van der Waals surface area contributed by atoms with Gasteiger partial charge in [0.15, 0.2) is 0 Å². The lowest BCUT2D eigenvalue weighted by Crippen LogP contribution is -2.11. The van der Waals surface area contributed by atoms with E-state index in [1.54, 1.807) is 12.3 Å². The normalized spacial score (nSPS) is 10.7. The van der Waals surface area contributed by atoms with E-state index in [4.69, 9.17) is 0 Å². The molecule has 3 nitrogen and oxygen atoms in total. The molecule has 2 aromatic carbocycles. The molecule has 0 atom stereocenters. The number of hydrogen-bond donors (Lipinski definition) is 2. The number of aromatic amines is 1. The predicted octanol–water partition coefficient (Wildman–Crippen LogP) is 4.95. The number of carbonyl (C=O) groups excluding carboxylic acids is 1. The summed E-state index contributed by atoms with van der Waals surface area (Å²) in [5.41, 5.74) is 1.29. The third-order valence-electron chi connectivity index (χ3n) is 2.95. The summed E-state index contributed by atoms with van der Waals surface area (Å²) < 4.78 is 1.89. The van der Waals surface area contributed by atoms with Crippen LogP contribution in [0.15, 0.2) is 57.6 Å². The second-order valence-corrected chi connectivity index (χ2v) is 6.22. The van der Waals surface area contributed by atoms with Crippen LogP contribution in [-0.4, -0.2) is 10.9 Å². The van der Waals surface area contributed by atoms with Crippen molar-refractivity contribution in [3.8, 4) is 0 Å². The number of rotatable bonds is 2. The standard InChI is InChI=1S/C15H10Br2N2O/c16-11-3-1-10-6-13(4-2-9(10)5-11)19-15(20)14-7-12(17)8-18-14/h1-8,18H,(H,19,20). The lowest BCUT2D eigenvalue weighted by atomic mass is 10.1. The van der Waals surface area contributed by atoms with Gasteiger partial charge in [0, 0.05) is 20.8 Å². The minimum Gasteiger partial charge on any atom is -0.356 e. The SMILES string of the molecule is O=C(Nc1ccc2cc(Br)ccc2c1)c1cc(Br)c[nH]1. The Balaban J connectivity index is 1.87. The van der Waals surface area contributed by atoms with Crippen molar-refractivity contribution in [2.45, 2.75) is 0 Å². The Morgan fingerprint density at radius 1 is 0.950 bits per heavy atom. The zero-order chi connectivity index (χ0) is 14.1. The number of fused-ring (bicyclic) bond motifs is 1. The highest BCUT2D eigenvalue weighted by atomic mass is 79.9. The first-order valence-corrected chi connectivity index (χ1v) is 7.55. The molecule has 0 saturated carbocycles. The Hall–Kier alpha value is -1.59. The zero-order valence-electron chi connectivity index (χ0n) is 10.3. The number of H-pyrrole nitrogens is 1. The van der Waals surface area contributed by atoms with E-state index in [1.165, 1.54) is 0 Å². The average Bonchev–Trinajstić information content (AvgIpc) is 2.86. The van der Waals surface area contributed by atoms with Gasteiger partial charge in [-0.05, 0) is 57.0 Å². The number of carbonyl (C=O) groups is 1. The summed E-state index contributed by atoms with van der Waals surface area (Å²) in [6.07, 6.45) is 1.73. The fraction of sp³-hybridized carbons (Fsp3) is 0. The molecule has 1 amide bonds. The van der Waals surface area contributed by atoms with Gasteiger partial charge in [-0.15, -0.1) is 0 Å².